The third kappa shape index (κ3) is 7.53. The maximum absolute atomic E-state index is 11.8. The molecule has 26 heavy (non-hydrogen) atoms. The van der Waals surface area contributed by atoms with Gasteiger partial charge in [0.25, 0.3) is 0 Å². The Labute approximate surface area is 164 Å². The highest BCUT2D eigenvalue weighted by Crippen LogP contribution is 2.25. The minimum absolute atomic E-state index is 0.0377. The number of nitrogens with one attached hydrogen (secondary N) is 2. The molecule has 0 radical (unpaired) electrons. The predicted octanol–water partition coefficient (Wildman–Crippen LogP) is 3.30. The van der Waals surface area contributed by atoms with E-state index in [1.807, 2.05) is 18.5 Å². The standard InChI is InChI=1S/C18H30N4O2S2/c1-3-19-17(20-10-5-12-25-18-21-11-13-26-18)22-15-8-6-14(7-9-15)16(23)24-4-2/h11,13-15H,3-10,12H2,1-2H3,(H2,19,20,22). The van der Waals surface area contributed by atoms with Crippen LogP contribution in [0, 0.1) is 5.92 Å². The first-order valence-electron chi connectivity index (χ1n) is 9.46. The molecular weight excluding hydrogens is 368 g/mol. The molecule has 0 spiro atoms. The van der Waals surface area contributed by atoms with Crippen LogP contribution < -0.4 is 10.6 Å². The molecule has 1 saturated carbocycles. The first kappa shape index (κ1) is 21.0. The van der Waals surface area contributed by atoms with Gasteiger partial charge in [-0.25, -0.2) is 4.98 Å². The van der Waals surface area contributed by atoms with E-state index in [2.05, 4.69) is 27.5 Å². The van der Waals surface area contributed by atoms with Crippen molar-refractivity contribution in [2.75, 3.05) is 25.4 Å². The number of aromatic nitrogens is 1. The number of thiazole rings is 1. The molecule has 1 aromatic heterocycles. The van der Waals surface area contributed by atoms with Crippen LogP contribution in [0.3, 0.4) is 0 Å². The summed E-state index contributed by atoms with van der Waals surface area (Å²) in [7, 11) is 0. The number of rotatable bonds is 9. The van der Waals surface area contributed by atoms with Crippen molar-refractivity contribution in [3.05, 3.63) is 11.6 Å². The highest BCUT2D eigenvalue weighted by molar-refractivity contribution is 8.00. The Hall–Kier alpha value is -1.28. The normalized spacial score (nSPS) is 20.6. The number of hydrogen-bond acceptors (Lipinski definition) is 6. The molecule has 2 N–H and O–H groups in total. The van der Waals surface area contributed by atoms with Crippen LogP contribution in [-0.4, -0.2) is 48.4 Å². The molecule has 0 aromatic carbocycles. The Morgan fingerprint density at radius 1 is 1.38 bits per heavy atom. The number of nitrogens with zero attached hydrogens (tertiary/aromatic N) is 2. The number of thioether (sulfide) groups is 1. The van der Waals surface area contributed by atoms with Crippen molar-refractivity contribution in [1.82, 2.24) is 15.6 Å². The van der Waals surface area contributed by atoms with Crippen molar-refractivity contribution in [2.24, 2.45) is 10.9 Å². The molecule has 0 unspecified atom stereocenters. The van der Waals surface area contributed by atoms with Crippen molar-refractivity contribution < 1.29 is 9.53 Å². The van der Waals surface area contributed by atoms with Gasteiger partial charge in [0.15, 0.2) is 5.96 Å². The molecule has 1 fully saturated rings. The Balaban J connectivity index is 1.69. The molecule has 1 aromatic rings. The van der Waals surface area contributed by atoms with Crippen LogP contribution in [0.1, 0.15) is 46.0 Å². The largest absolute Gasteiger partial charge is 0.466 e. The van der Waals surface area contributed by atoms with Crippen molar-refractivity contribution in [2.45, 2.75) is 56.3 Å². The zero-order chi connectivity index (χ0) is 18.6. The molecule has 6 nitrogen and oxygen atoms in total. The fourth-order valence-electron chi connectivity index (χ4n) is 2.94. The van der Waals surface area contributed by atoms with Crippen molar-refractivity contribution >= 4 is 35.0 Å². The summed E-state index contributed by atoms with van der Waals surface area (Å²) in [6.07, 6.45) is 6.60. The van der Waals surface area contributed by atoms with E-state index in [1.165, 1.54) is 0 Å². The van der Waals surface area contributed by atoms with Gasteiger partial charge in [-0.15, -0.1) is 11.3 Å². The van der Waals surface area contributed by atoms with Crippen molar-refractivity contribution in [1.29, 1.82) is 0 Å². The van der Waals surface area contributed by atoms with Gasteiger partial charge in [-0.3, -0.25) is 9.79 Å². The number of carbonyl (C=O) groups excluding carboxylic acids is 1. The van der Waals surface area contributed by atoms with Gasteiger partial charge in [0.2, 0.25) is 0 Å². The molecule has 1 heterocycles. The second-order valence-corrected chi connectivity index (χ2v) is 8.44. The van der Waals surface area contributed by atoms with Gasteiger partial charge < -0.3 is 15.4 Å². The van der Waals surface area contributed by atoms with Crippen LogP contribution in [0.25, 0.3) is 0 Å². The number of aliphatic imine (C=N–C) groups is 1. The van der Waals surface area contributed by atoms with Crippen LogP contribution >= 0.6 is 23.1 Å². The fourth-order valence-corrected chi connectivity index (χ4v) is 4.58. The maximum Gasteiger partial charge on any atom is 0.308 e. The molecule has 1 aliphatic rings. The maximum atomic E-state index is 11.8. The second kappa shape index (κ2) is 12.2. The third-order valence-corrected chi connectivity index (χ3v) is 6.29. The molecule has 0 amide bonds. The quantitative estimate of drug-likeness (QED) is 0.219. The molecule has 146 valence electrons. The van der Waals surface area contributed by atoms with E-state index < -0.39 is 0 Å². The van der Waals surface area contributed by atoms with Gasteiger partial charge in [-0.1, -0.05) is 11.8 Å². The van der Waals surface area contributed by atoms with Crippen LogP contribution in [0.4, 0.5) is 0 Å². The lowest BCUT2D eigenvalue weighted by Crippen LogP contribution is -2.45. The Morgan fingerprint density at radius 2 is 2.19 bits per heavy atom. The van der Waals surface area contributed by atoms with Crippen molar-refractivity contribution in [3.63, 3.8) is 0 Å². The first-order chi connectivity index (χ1) is 12.7. The molecule has 0 atom stereocenters. The lowest BCUT2D eigenvalue weighted by Gasteiger charge is -2.29. The van der Waals surface area contributed by atoms with Gasteiger partial charge in [0.1, 0.15) is 4.34 Å². The summed E-state index contributed by atoms with van der Waals surface area (Å²) in [5.41, 5.74) is 0. The highest BCUT2D eigenvalue weighted by atomic mass is 32.2. The van der Waals surface area contributed by atoms with Crippen molar-refractivity contribution in [3.8, 4) is 0 Å². The summed E-state index contributed by atoms with van der Waals surface area (Å²) in [6, 6.07) is 0.378. The third-order valence-electron chi connectivity index (χ3n) is 4.24. The van der Waals surface area contributed by atoms with Gasteiger partial charge in [0, 0.05) is 36.5 Å². The van der Waals surface area contributed by atoms with E-state index >= 15 is 0 Å². The molecule has 0 bridgehead atoms. The van der Waals surface area contributed by atoms with Crippen LogP contribution in [0.15, 0.2) is 20.9 Å². The van der Waals surface area contributed by atoms with E-state index in [-0.39, 0.29) is 11.9 Å². The summed E-state index contributed by atoms with van der Waals surface area (Å²) >= 11 is 3.47. The molecule has 8 heteroatoms. The van der Waals surface area contributed by atoms with Gasteiger partial charge >= 0.3 is 5.97 Å². The molecule has 0 aliphatic heterocycles. The number of guanidine groups is 1. The molecule has 1 aliphatic carbocycles. The second-order valence-electron chi connectivity index (χ2n) is 6.21. The summed E-state index contributed by atoms with van der Waals surface area (Å²) in [6.45, 7) is 6.05. The number of hydrogen-bond donors (Lipinski definition) is 2. The topological polar surface area (TPSA) is 75.6 Å². The number of esters is 1. The Bertz CT molecular complexity index is 543. The van der Waals surface area contributed by atoms with Gasteiger partial charge in [-0.2, -0.15) is 0 Å². The SMILES string of the molecule is CCNC(=NCCCSc1nccs1)NC1CCC(C(=O)OCC)CC1. The predicted molar refractivity (Wildman–Crippen MR) is 109 cm³/mol. The number of carbonyl (C=O) groups is 1. The average molecular weight is 399 g/mol. The summed E-state index contributed by atoms with van der Waals surface area (Å²) in [5.74, 6) is 1.94. The highest BCUT2D eigenvalue weighted by Gasteiger charge is 2.27. The first-order valence-corrected chi connectivity index (χ1v) is 11.3. The lowest BCUT2D eigenvalue weighted by atomic mass is 9.86. The lowest BCUT2D eigenvalue weighted by molar-refractivity contribution is -0.149. The van der Waals surface area contributed by atoms with Crippen LogP contribution in [0.2, 0.25) is 0 Å². The molecular formula is C18H30N4O2S2. The van der Waals surface area contributed by atoms with E-state index in [1.54, 1.807) is 23.1 Å². The van der Waals surface area contributed by atoms with Gasteiger partial charge in [-0.05, 0) is 46.0 Å². The summed E-state index contributed by atoms with van der Waals surface area (Å²) < 4.78 is 6.26. The molecule has 0 saturated heterocycles. The van der Waals surface area contributed by atoms with E-state index in [9.17, 15) is 4.79 Å². The van der Waals surface area contributed by atoms with E-state index in [0.717, 1.165) is 61.2 Å². The smallest absolute Gasteiger partial charge is 0.308 e. The van der Waals surface area contributed by atoms with Crippen LogP contribution in [-0.2, 0) is 9.53 Å². The average Bonchev–Trinajstić information content (AvgIpc) is 3.16. The minimum atomic E-state index is -0.0377. The summed E-state index contributed by atoms with van der Waals surface area (Å²) in [4.78, 5) is 20.8. The monoisotopic (exact) mass is 398 g/mol. The van der Waals surface area contributed by atoms with Crippen LogP contribution in [0.5, 0.6) is 0 Å². The Kier molecular flexibility index (Phi) is 9.84. The summed E-state index contributed by atoms with van der Waals surface area (Å²) in [5, 5.41) is 8.85. The van der Waals surface area contributed by atoms with E-state index in [4.69, 9.17) is 4.74 Å². The zero-order valence-electron chi connectivity index (χ0n) is 15.7. The number of ether oxygens (including phenoxy) is 1. The zero-order valence-corrected chi connectivity index (χ0v) is 17.3. The molecule has 2 rings (SSSR count). The Morgan fingerprint density at radius 3 is 2.85 bits per heavy atom. The van der Waals surface area contributed by atoms with E-state index in [0.29, 0.717) is 12.6 Å². The fraction of sp³-hybridized carbons (Fsp3) is 0.722. The minimum Gasteiger partial charge on any atom is -0.466 e. The van der Waals surface area contributed by atoms with Gasteiger partial charge in [0.05, 0.1) is 12.5 Å².